The van der Waals surface area contributed by atoms with Gasteiger partial charge in [0.15, 0.2) is 0 Å². The van der Waals surface area contributed by atoms with E-state index in [1.54, 1.807) is 6.20 Å². The number of aliphatic hydroxyl groups excluding tert-OH is 1. The summed E-state index contributed by atoms with van der Waals surface area (Å²) >= 11 is 0. The van der Waals surface area contributed by atoms with E-state index in [1.165, 1.54) is 5.56 Å². The highest BCUT2D eigenvalue weighted by Crippen LogP contribution is 2.26. The van der Waals surface area contributed by atoms with Crippen molar-refractivity contribution in [3.8, 4) is 0 Å². The third-order valence-electron chi connectivity index (χ3n) is 2.85. The molecule has 76 valence electrons. The summed E-state index contributed by atoms with van der Waals surface area (Å²) in [5.74, 6) is 0.576. The van der Waals surface area contributed by atoms with Crippen LogP contribution in [-0.2, 0) is 6.61 Å². The van der Waals surface area contributed by atoms with E-state index in [9.17, 15) is 5.11 Å². The van der Waals surface area contributed by atoms with Gasteiger partial charge in [0.05, 0.1) is 12.3 Å². The van der Waals surface area contributed by atoms with Crippen LogP contribution in [0.5, 0.6) is 0 Å². The summed E-state index contributed by atoms with van der Waals surface area (Å²) in [4.78, 5) is 4.20. The van der Waals surface area contributed by atoms with E-state index in [0.29, 0.717) is 5.92 Å². The van der Waals surface area contributed by atoms with Gasteiger partial charge in [-0.1, -0.05) is 6.07 Å². The third kappa shape index (κ3) is 1.94. The van der Waals surface area contributed by atoms with Crippen LogP contribution in [0.3, 0.4) is 0 Å². The van der Waals surface area contributed by atoms with Crippen molar-refractivity contribution >= 4 is 0 Å². The Morgan fingerprint density at radius 3 is 2.93 bits per heavy atom. The lowest BCUT2D eigenvalue weighted by molar-refractivity contribution is 0.273. The fourth-order valence-corrected chi connectivity index (χ4v) is 2.09. The number of pyridine rings is 1. The topological polar surface area (TPSA) is 45.2 Å². The van der Waals surface area contributed by atoms with Crippen LogP contribution in [0.1, 0.15) is 30.0 Å². The smallest absolute Gasteiger partial charge is 0.0855 e. The zero-order valence-corrected chi connectivity index (χ0v) is 8.24. The van der Waals surface area contributed by atoms with E-state index in [-0.39, 0.29) is 6.61 Å². The summed E-state index contributed by atoms with van der Waals surface area (Å²) in [6.07, 6.45) is 4.05. The molecule has 1 aromatic heterocycles. The normalized spacial score (nSPS) is 18.4. The first-order chi connectivity index (χ1) is 6.92. The van der Waals surface area contributed by atoms with Crippen molar-refractivity contribution in [2.24, 2.45) is 0 Å². The Morgan fingerprint density at radius 1 is 1.43 bits per heavy atom. The quantitative estimate of drug-likeness (QED) is 0.736. The number of piperidine rings is 1. The van der Waals surface area contributed by atoms with Gasteiger partial charge in [0.2, 0.25) is 0 Å². The van der Waals surface area contributed by atoms with Crippen molar-refractivity contribution in [1.82, 2.24) is 10.3 Å². The molecule has 0 aliphatic carbocycles. The highest BCUT2D eigenvalue weighted by Gasteiger charge is 2.17. The number of aromatic nitrogens is 1. The molecule has 0 unspecified atom stereocenters. The molecule has 14 heavy (non-hydrogen) atoms. The first-order valence-corrected chi connectivity index (χ1v) is 5.17. The number of nitrogens with zero attached hydrogens (tertiary/aromatic N) is 1. The molecule has 0 amide bonds. The van der Waals surface area contributed by atoms with Gasteiger partial charge in [0.25, 0.3) is 0 Å². The largest absolute Gasteiger partial charge is 0.390 e. The van der Waals surface area contributed by atoms with E-state index in [2.05, 4.69) is 16.4 Å². The van der Waals surface area contributed by atoms with Gasteiger partial charge in [-0.25, -0.2) is 0 Å². The molecule has 1 fully saturated rings. The third-order valence-corrected chi connectivity index (χ3v) is 2.85. The summed E-state index contributed by atoms with van der Waals surface area (Å²) in [5.41, 5.74) is 2.08. The van der Waals surface area contributed by atoms with Crippen molar-refractivity contribution in [2.75, 3.05) is 13.1 Å². The second kappa shape index (κ2) is 4.53. The Balaban J connectivity index is 2.20. The van der Waals surface area contributed by atoms with Crippen molar-refractivity contribution < 1.29 is 5.11 Å². The van der Waals surface area contributed by atoms with Gasteiger partial charge in [-0.2, -0.15) is 0 Å². The summed E-state index contributed by atoms with van der Waals surface area (Å²) < 4.78 is 0. The number of aliphatic hydroxyl groups is 1. The van der Waals surface area contributed by atoms with Gasteiger partial charge >= 0.3 is 0 Å². The zero-order valence-electron chi connectivity index (χ0n) is 8.24. The Hall–Kier alpha value is -0.930. The fraction of sp³-hybridized carbons (Fsp3) is 0.545. The molecular weight excluding hydrogens is 176 g/mol. The highest BCUT2D eigenvalue weighted by atomic mass is 16.3. The Morgan fingerprint density at radius 2 is 2.21 bits per heavy atom. The average Bonchev–Trinajstić information content (AvgIpc) is 2.30. The molecule has 0 atom stereocenters. The number of hydrogen-bond donors (Lipinski definition) is 2. The first kappa shape index (κ1) is 9.62. The minimum atomic E-state index is 0.0557. The summed E-state index contributed by atoms with van der Waals surface area (Å²) in [7, 11) is 0. The van der Waals surface area contributed by atoms with Crippen molar-refractivity contribution in [3.63, 3.8) is 0 Å². The number of nitrogens with one attached hydrogen (secondary N) is 1. The predicted molar refractivity (Wildman–Crippen MR) is 55.0 cm³/mol. The van der Waals surface area contributed by atoms with Crippen LogP contribution in [0.4, 0.5) is 0 Å². The second-order valence-electron chi connectivity index (χ2n) is 3.72. The van der Waals surface area contributed by atoms with Gasteiger partial charge in [0, 0.05) is 6.20 Å². The average molecular weight is 192 g/mol. The molecular formula is C11H16N2O. The molecule has 2 N–H and O–H groups in total. The molecule has 2 rings (SSSR count). The molecule has 0 bridgehead atoms. The fourth-order valence-electron chi connectivity index (χ4n) is 2.09. The summed E-state index contributed by atoms with van der Waals surface area (Å²) in [5, 5.41) is 12.5. The van der Waals surface area contributed by atoms with Crippen LogP contribution in [0.2, 0.25) is 0 Å². The molecule has 2 heterocycles. The zero-order chi connectivity index (χ0) is 9.80. The van der Waals surface area contributed by atoms with E-state index in [0.717, 1.165) is 31.6 Å². The standard InChI is InChI=1S/C11H16N2O/c14-8-11-10(2-1-5-13-11)9-3-6-12-7-4-9/h1-2,5,9,12,14H,3-4,6-8H2. The Labute approximate surface area is 84.2 Å². The van der Waals surface area contributed by atoms with E-state index in [4.69, 9.17) is 0 Å². The molecule has 0 aromatic carbocycles. The molecule has 0 spiro atoms. The maximum atomic E-state index is 9.17. The van der Waals surface area contributed by atoms with Crippen LogP contribution in [0, 0.1) is 0 Å². The van der Waals surface area contributed by atoms with Gasteiger partial charge in [0.1, 0.15) is 0 Å². The molecule has 0 radical (unpaired) electrons. The van der Waals surface area contributed by atoms with Crippen molar-refractivity contribution in [3.05, 3.63) is 29.6 Å². The maximum absolute atomic E-state index is 9.17. The summed E-state index contributed by atoms with van der Waals surface area (Å²) in [6, 6.07) is 4.05. The van der Waals surface area contributed by atoms with Gasteiger partial charge < -0.3 is 10.4 Å². The van der Waals surface area contributed by atoms with Crippen molar-refractivity contribution in [1.29, 1.82) is 0 Å². The predicted octanol–water partition coefficient (Wildman–Crippen LogP) is 1.04. The SMILES string of the molecule is OCc1ncccc1C1CCNCC1. The second-order valence-corrected chi connectivity index (χ2v) is 3.72. The van der Waals surface area contributed by atoms with Gasteiger partial charge in [-0.05, 0) is 43.5 Å². The monoisotopic (exact) mass is 192 g/mol. The maximum Gasteiger partial charge on any atom is 0.0855 e. The molecule has 1 aromatic rings. The first-order valence-electron chi connectivity index (χ1n) is 5.17. The Kier molecular flexibility index (Phi) is 3.11. The highest BCUT2D eigenvalue weighted by molar-refractivity contribution is 5.24. The number of rotatable bonds is 2. The molecule has 1 aliphatic heterocycles. The van der Waals surface area contributed by atoms with Crippen LogP contribution < -0.4 is 5.32 Å². The van der Waals surface area contributed by atoms with Crippen LogP contribution in [0.15, 0.2) is 18.3 Å². The van der Waals surface area contributed by atoms with E-state index >= 15 is 0 Å². The van der Waals surface area contributed by atoms with E-state index in [1.807, 2.05) is 6.07 Å². The van der Waals surface area contributed by atoms with Gasteiger partial charge in [-0.3, -0.25) is 4.98 Å². The lowest BCUT2D eigenvalue weighted by Gasteiger charge is -2.24. The van der Waals surface area contributed by atoms with Crippen LogP contribution in [-0.4, -0.2) is 23.2 Å². The number of hydrogen-bond acceptors (Lipinski definition) is 3. The lowest BCUT2D eigenvalue weighted by atomic mass is 9.89. The van der Waals surface area contributed by atoms with Crippen LogP contribution in [0.25, 0.3) is 0 Å². The van der Waals surface area contributed by atoms with Crippen molar-refractivity contribution in [2.45, 2.75) is 25.4 Å². The summed E-state index contributed by atoms with van der Waals surface area (Å²) in [6.45, 7) is 2.20. The molecule has 1 saturated heterocycles. The van der Waals surface area contributed by atoms with E-state index < -0.39 is 0 Å². The molecule has 3 heteroatoms. The minimum absolute atomic E-state index is 0.0557. The van der Waals surface area contributed by atoms with Crippen LogP contribution >= 0.6 is 0 Å². The molecule has 3 nitrogen and oxygen atoms in total. The lowest BCUT2D eigenvalue weighted by Crippen LogP contribution is -2.27. The minimum Gasteiger partial charge on any atom is -0.390 e. The Bertz CT molecular complexity index is 295. The van der Waals surface area contributed by atoms with Gasteiger partial charge in [-0.15, -0.1) is 0 Å². The molecule has 0 saturated carbocycles. The molecule has 1 aliphatic rings.